The molecule has 0 saturated heterocycles. The van der Waals surface area contributed by atoms with Gasteiger partial charge in [-0.05, 0) is 38.5 Å². The van der Waals surface area contributed by atoms with Crippen molar-refractivity contribution in [3.05, 3.63) is 33.6 Å². The van der Waals surface area contributed by atoms with E-state index < -0.39 is 5.41 Å². The van der Waals surface area contributed by atoms with Gasteiger partial charge in [0.15, 0.2) is 5.16 Å². The van der Waals surface area contributed by atoms with E-state index in [4.69, 9.17) is 16.3 Å². The molecule has 7 heteroatoms. The van der Waals surface area contributed by atoms with E-state index in [2.05, 4.69) is 4.98 Å². The molecule has 0 saturated carbocycles. The smallest absolute Gasteiger partial charge is 0.262 e. The van der Waals surface area contributed by atoms with Crippen molar-refractivity contribution in [1.29, 1.82) is 0 Å². The largest absolute Gasteiger partial charge is 0.379 e. The Bertz CT molecular complexity index is 872. The minimum atomic E-state index is -0.427. The van der Waals surface area contributed by atoms with E-state index in [1.165, 1.54) is 11.8 Å². The first kappa shape index (κ1) is 21.9. The highest BCUT2D eigenvalue weighted by Crippen LogP contribution is 2.24. The third-order valence-corrected chi connectivity index (χ3v) is 5.24. The Labute approximate surface area is 169 Å². The van der Waals surface area contributed by atoms with Crippen LogP contribution in [0.25, 0.3) is 10.9 Å². The maximum atomic E-state index is 13.0. The van der Waals surface area contributed by atoms with E-state index in [1.54, 1.807) is 22.8 Å². The van der Waals surface area contributed by atoms with Crippen molar-refractivity contribution in [2.75, 3.05) is 12.4 Å². The molecule has 0 aliphatic heterocycles. The number of rotatable bonds is 8. The van der Waals surface area contributed by atoms with Gasteiger partial charge in [-0.1, -0.05) is 44.1 Å². The number of ether oxygens (including phenoxy) is 1. The van der Waals surface area contributed by atoms with Crippen molar-refractivity contribution in [3.63, 3.8) is 0 Å². The highest BCUT2D eigenvalue weighted by molar-refractivity contribution is 7.99. The van der Waals surface area contributed by atoms with Crippen LogP contribution >= 0.6 is 23.4 Å². The summed E-state index contributed by atoms with van der Waals surface area (Å²) >= 11 is 7.36. The predicted molar refractivity (Wildman–Crippen MR) is 112 cm³/mol. The molecule has 0 fully saturated rings. The third-order valence-electron chi connectivity index (χ3n) is 4.03. The van der Waals surface area contributed by atoms with Crippen LogP contribution < -0.4 is 5.56 Å². The molecule has 27 heavy (non-hydrogen) atoms. The van der Waals surface area contributed by atoms with Crippen LogP contribution in [0.15, 0.2) is 28.2 Å². The molecule has 148 valence electrons. The topological polar surface area (TPSA) is 61.2 Å². The zero-order valence-corrected chi connectivity index (χ0v) is 18.1. The molecule has 1 aromatic carbocycles. The van der Waals surface area contributed by atoms with Gasteiger partial charge in [0.1, 0.15) is 5.78 Å². The fourth-order valence-electron chi connectivity index (χ4n) is 2.37. The minimum absolute atomic E-state index is 0.114. The second kappa shape index (κ2) is 9.22. The van der Waals surface area contributed by atoms with Crippen molar-refractivity contribution >= 4 is 40.0 Å². The standard InChI is InChI=1S/C20H27ClN2O3S/c1-13(2)26-10-6-9-23-18(25)15-8-7-14(21)11-16(15)22-19(23)27-12-17(24)20(3,4)5/h7-8,11,13H,6,9-10,12H2,1-5H3. The molecule has 0 aliphatic rings. The number of nitrogens with zero attached hydrogens (tertiary/aromatic N) is 2. The number of halogens is 1. The Hall–Kier alpha value is -1.37. The second-order valence-electron chi connectivity index (χ2n) is 7.75. The van der Waals surface area contributed by atoms with Crippen LogP contribution in [0.5, 0.6) is 0 Å². The van der Waals surface area contributed by atoms with Gasteiger partial charge in [0.25, 0.3) is 5.56 Å². The normalized spacial score (nSPS) is 12.1. The van der Waals surface area contributed by atoms with E-state index in [0.29, 0.717) is 40.7 Å². The number of ketones is 1. The molecule has 1 aromatic heterocycles. The van der Waals surface area contributed by atoms with Crippen LogP contribution in [0.3, 0.4) is 0 Å². The highest BCUT2D eigenvalue weighted by Gasteiger charge is 2.22. The second-order valence-corrected chi connectivity index (χ2v) is 9.13. The van der Waals surface area contributed by atoms with E-state index in [-0.39, 0.29) is 23.2 Å². The predicted octanol–water partition coefficient (Wildman–Crippen LogP) is 4.57. The van der Waals surface area contributed by atoms with E-state index in [1.807, 2.05) is 34.6 Å². The summed E-state index contributed by atoms with van der Waals surface area (Å²) in [5.74, 6) is 0.382. The lowest BCUT2D eigenvalue weighted by molar-refractivity contribution is -0.123. The van der Waals surface area contributed by atoms with Crippen molar-refractivity contribution in [1.82, 2.24) is 9.55 Å². The molecule has 0 aliphatic carbocycles. The van der Waals surface area contributed by atoms with Crippen molar-refractivity contribution in [2.45, 2.75) is 58.8 Å². The molecular weight excluding hydrogens is 384 g/mol. The molecule has 2 rings (SSSR count). The molecule has 0 spiro atoms. The van der Waals surface area contributed by atoms with Crippen LogP contribution in [0, 0.1) is 5.41 Å². The van der Waals surface area contributed by atoms with Crippen LogP contribution in [-0.2, 0) is 16.1 Å². The number of carbonyl (C=O) groups is 1. The molecule has 0 unspecified atom stereocenters. The molecule has 0 N–H and O–H groups in total. The molecule has 0 radical (unpaired) electrons. The number of hydrogen-bond acceptors (Lipinski definition) is 5. The van der Waals surface area contributed by atoms with Gasteiger partial charge in [0, 0.05) is 23.6 Å². The van der Waals surface area contributed by atoms with Crippen molar-refractivity contribution in [3.8, 4) is 0 Å². The van der Waals surface area contributed by atoms with Crippen molar-refractivity contribution < 1.29 is 9.53 Å². The first-order valence-electron chi connectivity index (χ1n) is 9.07. The van der Waals surface area contributed by atoms with Gasteiger partial charge < -0.3 is 4.74 Å². The average molecular weight is 411 g/mol. The van der Waals surface area contributed by atoms with Crippen molar-refractivity contribution in [2.24, 2.45) is 5.41 Å². The zero-order chi connectivity index (χ0) is 20.2. The Morgan fingerprint density at radius 1 is 1.33 bits per heavy atom. The van der Waals surface area contributed by atoms with Gasteiger partial charge in [-0.15, -0.1) is 0 Å². The van der Waals surface area contributed by atoms with Gasteiger partial charge in [0.2, 0.25) is 0 Å². The van der Waals surface area contributed by atoms with Gasteiger partial charge in [-0.25, -0.2) is 4.98 Å². The molecule has 0 atom stereocenters. The quantitative estimate of drug-likeness (QED) is 0.362. The Morgan fingerprint density at radius 3 is 2.67 bits per heavy atom. The minimum Gasteiger partial charge on any atom is -0.379 e. The number of benzene rings is 1. The van der Waals surface area contributed by atoms with Crippen LogP contribution in [0.4, 0.5) is 0 Å². The first-order valence-corrected chi connectivity index (χ1v) is 10.4. The van der Waals surface area contributed by atoms with Crippen LogP contribution in [-0.4, -0.2) is 33.8 Å². The maximum absolute atomic E-state index is 13.0. The fraction of sp³-hybridized carbons (Fsp3) is 0.550. The van der Waals surface area contributed by atoms with Gasteiger partial charge >= 0.3 is 0 Å². The SMILES string of the molecule is CC(C)OCCCn1c(SCC(=O)C(C)(C)C)nc2cc(Cl)ccc2c1=O. The zero-order valence-electron chi connectivity index (χ0n) is 16.5. The fourth-order valence-corrected chi connectivity index (χ4v) is 3.72. The molecule has 5 nitrogen and oxygen atoms in total. The van der Waals surface area contributed by atoms with E-state index >= 15 is 0 Å². The van der Waals surface area contributed by atoms with E-state index in [9.17, 15) is 9.59 Å². The molecule has 0 bridgehead atoms. The Morgan fingerprint density at radius 2 is 2.04 bits per heavy atom. The first-order chi connectivity index (χ1) is 12.6. The van der Waals surface area contributed by atoms with Gasteiger partial charge in [-0.3, -0.25) is 14.2 Å². The number of thioether (sulfide) groups is 1. The highest BCUT2D eigenvalue weighted by atomic mass is 35.5. The summed E-state index contributed by atoms with van der Waals surface area (Å²) in [6, 6.07) is 5.07. The average Bonchev–Trinajstić information content (AvgIpc) is 2.56. The summed E-state index contributed by atoms with van der Waals surface area (Å²) in [6.07, 6.45) is 0.844. The lowest BCUT2D eigenvalue weighted by Crippen LogP contribution is -2.26. The molecule has 1 heterocycles. The summed E-state index contributed by atoms with van der Waals surface area (Å²) in [4.78, 5) is 29.9. The summed E-state index contributed by atoms with van der Waals surface area (Å²) in [7, 11) is 0. The number of aromatic nitrogens is 2. The number of fused-ring (bicyclic) bond motifs is 1. The summed E-state index contributed by atoms with van der Waals surface area (Å²) in [5, 5.41) is 1.59. The summed E-state index contributed by atoms with van der Waals surface area (Å²) in [6.45, 7) is 10.7. The number of hydrogen-bond donors (Lipinski definition) is 0. The lowest BCUT2D eigenvalue weighted by Gasteiger charge is -2.17. The number of carbonyl (C=O) groups excluding carboxylic acids is 1. The molecule has 0 amide bonds. The van der Waals surface area contributed by atoms with Gasteiger partial charge in [-0.2, -0.15) is 0 Å². The van der Waals surface area contributed by atoms with E-state index in [0.717, 1.165) is 0 Å². The Balaban J connectivity index is 2.33. The summed E-state index contributed by atoms with van der Waals surface area (Å²) < 4.78 is 7.21. The summed E-state index contributed by atoms with van der Waals surface area (Å²) in [5.41, 5.74) is 0.00318. The molecular formula is C20H27ClN2O3S. The monoisotopic (exact) mass is 410 g/mol. The maximum Gasteiger partial charge on any atom is 0.262 e. The molecule has 2 aromatic rings. The lowest BCUT2D eigenvalue weighted by atomic mass is 9.92. The third kappa shape index (κ3) is 6.06. The van der Waals surface area contributed by atoms with Gasteiger partial charge in [0.05, 0.1) is 22.8 Å². The Kier molecular flexibility index (Phi) is 7.48. The van der Waals surface area contributed by atoms with Crippen LogP contribution in [0.2, 0.25) is 5.02 Å². The number of Topliss-reactive ketones (excluding diaryl/α,β-unsaturated/α-hetero) is 1. The van der Waals surface area contributed by atoms with Crippen LogP contribution in [0.1, 0.15) is 41.0 Å².